The Bertz CT molecular complexity index is 3750. The molecule has 18 heteroatoms. The highest BCUT2D eigenvalue weighted by atomic mass is 35.5. The molecule has 2 heterocycles. The van der Waals surface area contributed by atoms with Crippen molar-refractivity contribution in [2.45, 2.75) is 13.1 Å². The molecule has 10 N–H and O–H groups in total. The molecule has 4 aliphatic rings. The van der Waals surface area contributed by atoms with Crippen molar-refractivity contribution in [3.63, 3.8) is 0 Å². The molecule has 9 rings (SSSR count). The number of hydrogen-bond acceptors (Lipinski definition) is 10. The van der Waals surface area contributed by atoms with Crippen LogP contribution < -0.4 is 32.6 Å². The molecule has 2 aliphatic carbocycles. The Hall–Kier alpha value is -8.99. The van der Waals surface area contributed by atoms with E-state index >= 15 is 0 Å². The summed E-state index contributed by atoms with van der Waals surface area (Å²) in [6.07, 6.45) is 0. The predicted octanol–water partition coefficient (Wildman–Crippen LogP) is 7.29. The minimum Gasteiger partial charge on any atom is -0.507 e. The number of halogens is 2. The SMILES string of the molecule is Nc1ccc2c(-c3c(Cl)cc(C(=O)NCc4ccc(C(=O)NCc5c(O)ccc6c(-c7ccc(C(=O)O)c(C(=O)O)c7)c7ccc(=O)cc-7oc56)cc4)c(Cl)c3C(=O)O)c3ccc(=[NH2+])cc-3oc2c1. The number of carboxylic acids is 3. The molecule has 2 aliphatic heterocycles. The number of aromatic carboxylic acids is 3. The fourth-order valence-corrected chi connectivity index (χ4v) is 8.89. The highest BCUT2D eigenvalue weighted by molar-refractivity contribution is 6.41. The van der Waals surface area contributed by atoms with Gasteiger partial charge in [-0.25, -0.2) is 14.4 Å². The van der Waals surface area contributed by atoms with E-state index in [9.17, 15) is 49.2 Å². The average Bonchev–Trinajstić information content (AvgIpc) is 3.31. The summed E-state index contributed by atoms with van der Waals surface area (Å²) in [5.41, 5.74) is 7.69. The number of aromatic hydroxyl groups is 1. The number of benzene rings is 7. The largest absolute Gasteiger partial charge is 0.507 e. The summed E-state index contributed by atoms with van der Waals surface area (Å²) in [6, 6.07) is 27.8. The zero-order valence-electron chi connectivity index (χ0n) is 35.3. The first-order valence-corrected chi connectivity index (χ1v) is 21.3. The normalized spacial score (nSPS) is 11.3. The van der Waals surface area contributed by atoms with E-state index < -0.39 is 51.8 Å². The smallest absolute Gasteiger partial charge is 0.337 e. The van der Waals surface area contributed by atoms with Crippen molar-refractivity contribution >= 4 is 80.6 Å². The molecule has 2 amide bonds. The Kier molecular flexibility index (Phi) is 11.6. The van der Waals surface area contributed by atoms with Gasteiger partial charge in [0.25, 0.3) is 11.8 Å². The number of carbonyl (C=O) groups excluding carboxylic acids is 2. The Morgan fingerprint density at radius 1 is 0.623 bits per heavy atom. The molecule has 0 spiro atoms. The van der Waals surface area contributed by atoms with Crippen LogP contribution in [0.5, 0.6) is 5.75 Å². The van der Waals surface area contributed by atoms with Gasteiger partial charge in [0.1, 0.15) is 28.4 Å². The summed E-state index contributed by atoms with van der Waals surface area (Å²) in [6.45, 7) is -0.351. The van der Waals surface area contributed by atoms with Crippen LogP contribution >= 0.6 is 23.2 Å². The van der Waals surface area contributed by atoms with Crippen molar-refractivity contribution < 1.29 is 58.6 Å². The number of nitrogens with one attached hydrogen (secondary N) is 2. The summed E-state index contributed by atoms with van der Waals surface area (Å²) in [5, 5.41) is 53.3. The zero-order chi connectivity index (χ0) is 49.0. The Morgan fingerprint density at radius 3 is 2.03 bits per heavy atom. The van der Waals surface area contributed by atoms with Crippen molar-refractivity contribution in [2.24, 2.45) is 0 Å². The van der Waals surface area contributed by atoms with E-state index in [-0.39, 0.29) is 68.0 Å². The number of fused-ring (bicyclic) bond motifs is 4. The third kappa shape index (κ3) is 8.30. The number of rotatable bonds is 11. The van der Waals surface area contributed by atoms with Gasteiger partial charge in [0.05, 0.1) is 50.5 Å². The van der Waals surface area contributed by atoms with Crippen LogP contribution in [0.3, 0.4) is 0 Å². The first-order valence-electron chi connectivity index (χ1n) is 20.6. The van der Waals surface area contributed by atoms with Crippen molar-refractivity contribution in [3.8, 4) is 50.7 Å². The van der Waals surface area contributed by atoms with Gasteiger partial charge in [0, 0.05) is 74.6 Å². The lowest BCUT2D eigenvalue weighted by Crippen LogP contribution is -2.44. The first-order chi connectivity index (χ1) is 33.0. The van der Waals surface area contributed by atoms with Crippen LogP contribution in [0.2, 0.25) is 10.0 Å². The number of amides is 2. The molecule has 0 aromatic heterocycles. The van der Waals surface area contributed by atoms with Gasteiger partial charge in [-0.05, 0) is 83.9 Å². The van der Waals surface area contributed by atoms with Gasteiger partial charge in [-0.3, -0.25) is 19.8 Å². The summed E-state index contributed by atoms with van der Waals surface area (Å²) in [7, 11) is 0. The molecule has 16 nitrogen and oxygen atoms in total. The first kappa shape index (κ1) is 45.2. The molecule has 0 unspecified atom stereocenters. The number of anilines is 1. The molecule has 0 saturated carbocycles. The Balaban J connectivity index is 0.960. The zero-order valence-corrected chi connectivity index (χ0v) is 36.9. The number of phenolic OH excluding ortho intramolecular Hbond substituents is 1. The maximum Gasteiger partial charge on any atom is 0.337 e. The third-order valence-corrected chi connectivity index (χ3v) is 12.2. The van der Waals surface area contributed by atoms with Gasteiger partial charge in [-0.15, -0.1) is 0 Å². The van der Waals surface area contributed by atoms with Crippen molar-refractivity contribution in [2.75, 3.05) is 5.73 Å². The second kappa shape index (κ2) is 17.7. The lowest BCUT2D eigenvalue weighted by atomic mass is 9.89. The molecular formula is C51H33Cl2N4O12+. The molecule has 5 aromatic rings. The van der Waals surface area contributed by atoms with Crippen molar-refractivity contribution in [3.05, 3.63) is 180 Å². The number of carbonyl (C=O) groups is 5. The summed E-state index contributed by atoms with van der Waals surface area (Å²) >= 11 is 13.6. The third-order valence-electron chi connectivity index (χ3n) is 11.5. The number of nitrogen functional groups attached to an aromatic ring is 1. The summed E-state index contributed by atoms with van der Waals surface area (Å²) < 4.78 is 12.2. The van der Waals surface area contributed by atoms with E-state index in [2.05, 4.69) is 10.6 Å². The molecule has 0 fully saturated rings. The average molecular weight is 965 g/mol. The van der Waals surface area contributed by atoms with Crippen molar-refractivity contribution in [1.29, 1.82) is 0 Å². The topological polar surface area (TPSA) is 285 Å². The second-order valence-corrected chi connectivity index (χ2v) is 16.6. The maximum absolute atomic E-state index is 13.7. The molecule has 0 atom stereocenters. The molecule has 0 saturated heterocycles. The van der Waals surface area contributed by atoms with E-state index in [1.807, 2.05) is 0 Å². The summed E-state index contributed by atoms with van der Waals surface area (Å²) in [5.74, 6) is -5.52. The van der Waals surface area contributed by atoms with Crippen LogP contribution in [0.15, 0.2) is 129 Å². The van der Waals surface area contributed by atoms with Crippen molar-refractivity contribution in [1.82, 2.24) is 10.6 Å². The van der Waals surface area contributed by atoms with Crippen LogP contribution in [0.1, 0.15) is 62.9 Å². The van der Waals surface area contributed by atoms with Gasteiger partial charge >= 0.3 is 17.9 Å². The fourth-order valence-electron chi connectivity index (χ4n) is 8.28. The van der Waals surface area contributed by atoms with E-state index in [1.54, 1.807) is 48.5 Å². The number of phenols is 1. The van der Waals surface area contributed by atoms with Crippen LogP contribution in [-0.2, 0) is 13.1 Å². The quantitative estimate of drug-likeness (QED) is 0.0467. The molecule has 69 heavy (non-hydrogen) atoms. The lowest BCUT2D eigenvalue weighted by Gasteiger charge is -2.20. The molecule has 0 radical (unpaired) electrons. The number of nitrogens with two attached hydrogens (primary N) is 2. The summed E-state index contributed by atoms with van der Waals surface area (Å²) in [4.78, 5) is 76.4. The van der Waals surface area contributed by atoms with E-state index in [0.717, 1.165) is 6.07 Å². The molecule has 342 valence electrons. The monoisotopic (exact) mass is 963 g/mol. The molecule has 0 bridgehead atoms. The highest BCUT2D eigenvalue weighted by Gasteiger charge is 2.30. The minimum atomic E-state index is -1.47. The van der Waals surface area contributed by atoms with Crippen LogP contribution in [0.4, 0.5) is 5.69 Å². The van der Waals surface area contributed by atoms with Gasteiger partial charge in [-0.1, -0.05) is 41.4 Å². The van der Waals surface area contributed by atoms with Crippen LogP contribution in [0, 0.1) is 0 Å². The molecular weight excluding hydrogens is 931 g/mol. The Morgan fingerprint density at radius 2 is 1.30 bits per heavy atom. The standard InChI is InChI=1S/C51H32Cl2N4O12/c52-36-19-34(45(53)44(51(66)67)43(36)42-30-10-6-25(54)16-38(30)68-39-17-26(55)7-11-31(39)42)48(61)56-20-22-1-3-23(4-2-22)47(60)57-21-35-37(59)14-13-32-41(29-12-8-27(58)18-40(29)69-46(32)35)24-5-9-28(49(62)63)33(15-24)50(64)65/h1-19,54,59H,20-21,55H2,(H,56,61)(H,57,60)(H,62,63)(H,64,65)(H,66,67)/p+1. The Labute approximate surface area is 397 Å². The van der Waals surface area contributed by atoms with Crippen LogP contribution in [0.25, 0.3) is 66.8 Å². The van der Waals surface area contributed by atoms with Gasteiger partial charge in [0.2, 0.25) is 0 Å². The van der Waals surface area contributed by atoms with Gasteiger partial charge in [0.15, 0.2) is 10.8 Å². The van der Waals surface area contributed by atoms with E-state index in [0.29, 0.717) is 61.0 Å². The maximum atomic E-state index is 13.7. The van der Waals surface area contributed by atoms with E-state index in [1.165, 1.54) is 60.7 Å². The number of hydrogen-bond donors (Lipinski definition) is 8. The lowest BCUT2D eigenvalue weighted by molar-refractivity contribution is -0.172. The van der Waals surface area contributed by atoms with Gasteiger partial charge < -0.3 is 45.6 Å². The second-order valence-electron chi connectivity index (χ2n) is 15.8. The number of carboxylic acid groups (broad SMARTS) is 3. The highest BCUT2D eigenvalue weighted by Crippen LogP contribution is 2.47. The molecule has 5 aromatic carbocycles. The van der Waals surface area contributed by atoms with Gasteiger partial charge in [-0.2, -0.15) is 0 Å². The predicted molar refractivity (Wildman–Crippen MR) is 254 cm³/mol. The van der Waals surface area contributed by atoms with Crippen LogP contribution in [-0.4, -0.2) is 50.1 Å². The minimum absolute atomic E-state index is 0.0435. The fraction of sp³-hybridized carbons (Fsp3) is 0.0392. The van der Waals surface area contributed by atoms with E-state index in [4.69, 9.17) is 43.2 Å².